The van der Waals surface area contributed by atoms with Crippen LogP contribution in [0, 0.1) is 9.49 Å². The highest BCUT2D eigenvalue weighted by Gasteiger charge is 2.76. The number of para-hydroxylation sites is 1. The highest BCUT2D eigenvalue weighted by atomic mass is 127. The van der Waals surface area contributed by atoms with Crippen molar-refractivity contribution in [2.75, 3.05) is 24.7 Å². The molecule has 2 N–H and O–H groups in total. The second-order valence-electron chi connectivity index (χ2n) is 14.7. The van der Waals surface area contributed by atoms with Crippen molar-refractivity contribution in [1.29, 1.82) is 0 Å². The second-order valence-corrected chi connectivity index (χ2v) is 15.9. The number of cyclic esters (lactones) is 1. The number of halogens is 1. The summed E-state index contributed by atoms with van der Waals surface area (Å²) < 4.78 is 19.3. The predicted molar refractivity (Wildman–Crippen MR) is 228 cm³/mol. The third-order valence-corrected chi connectivity index (χ3v) is 12.1. The summed E-state index contributed by atoms with van der Waals surface area (Å²) in [7, 11) is 0. The first-order chi connectivity index (χ1) is 28.7. The van der Waals surface area contributed by atoms with Gasteiger partial charge in [0.05, 0.1) is 30.4 Å². The largest absolute Gasteiger partial charge is 0.491 e. The van der Waals surface area contributed by atoms with Crippen LogP contribution in [0.1, 0.15) is 59.0 Å². The minimum atomic E-state index is -1.98. The smallest absolute Gasteiger partial charge is 0.329 e. The van der Waals surface area contributed by atoms with Crippen molar-refractivity contribution in [2.24, 2.45) is 5.92 Å². The first-order valence-corrected chi connectivity index (χ1v) is 20.5. The summed E-state index contributed by atoms with van der Waals surface area (Å²) >= 11 is 2.15. The standard InChI is InChI=1S/C47H42IN3O8/c1-3-26-58-43(53)38-40-44(54)59-41(32-19-11-6-12-20-32)39(31-17-9-5-10-18-31)51(40)42(34-21-13-14-22-37(34)57-27-25-52)47(38)35-28-33(48)23-24-36(35)50(45(47)55)46(56)49-29(2)30-15-7-4-8-16-30/h3-24,28-29,38-42,52H,1,25-27H2,2H3,(H,49,56). The number of imide groups is 1. The number of esters is 2. The molecule has 300 valence electrons. The summed E-state index contributed by atoms with van der Waals surface area (Å²) in [4.78, 5) is 64.0. The fourth-order valence-corrected chi connectivity index (χ4v) is 9.61. The summed E-state index contributed by atoms with van der Waals surface area (Å²) in [6.07, 6.45) is 0.524. The van der Waals surface area contributed by atoms with Crippen molar-refractivity contribution in [2.45, 2.75) is 42.6 Å². The van der Waals surface area contributed by atoms with Gasteiger partial charge in [-0.3, -0.25) is 19.3 Å². The number of nitrogens with one attached hydrogen (secondary N) is 1. The topological polar surface area (TPSA) is 135 Å². The highest BCUT2D eigenvalue weighted by molar-refractivity contribution is 14.1. The molecular weight excluding hydrogens is 861 g/mol. The Kier molecular flexibility index (Phi) is 11.4. The number of carbonyl (C=O) groups excluding carboxylic acids is 4. The number of hydrogen-bond acceptors (Lipinski definition) is 9. The van der Waals surface area contributed by atoms with Crippen LogP contribution in [0.3, 0.4) is 0 Å². The van der Waals surface area contributed by atoms with Gasteiger partial charge in [0.1, 0.15) is 42.4 Å². The van der Waals surface area contributed by atoms with Gasteiger partial charge in [0.15, 0.2) is 0 Å². The van der Waals surface area contributed by atoms with Crippen molar-refractivity contribution in [3.8, 4) is 5.75 Å². The maximum Gasteiger partial charge on any atom is 0.329 e. The maximum atomic E-state index is 16.2. The number of anilines is 1. The zero-order chi connectivity index (χ0) is 41.3. The normalized spacial score (nSPS) is 23.8. The van der Waals surface area contributed by atoms with E-state index >= 15 is 14.4 Å². The fourth-order valence-electron chi connectivity index (χ4n) is 9.11. The van der Waals surface area contributed by atoms with Crippen LogP contribution in [0.2, 0.25) is 0 Å². The molecular formula is C47H42IN3O8. The SMILES string of the molecule is C=CCOC(=O)C1C2C(=O)OC(c3ccccc3)C(c3ccccc3)N2C(c2ccccc2OCCO)C12C(=O)N(C(=O)NC(C)c1ccccc1)c1ccc(I)cc12. The van der Waals surface area contributed by atoms with Gasteiger partial charge in [-0.05, 0) is 76.0 Å². The van der Waals surface area contributed by atoms with Crippen molar-refractivity contribution in [3.05, 3.63) is 178 Å². The molecule has 3 aliphatic rings. The van der Waals surface area contributed by atoms with Crippen LogP contribution in [0.25, 0.3) is 0 Å². The number of ether oxygens (including phenoxy) is 3. The van der Waals surface area contributed by atoms with E-state index in [-0.39, 0.29) is 25.5 Å². The zero-order valence-corrected chi connectivity index (χ0v) is 34.3. The molecule has 0 radical (unpaired) electrons. The van der Waals surface area contributed by atoms with Gasteiger partial charge in [-0.1, -0.05) is 122 Å². The number of carbonyl (C=O) groups is 4. The van der Waals surface area contributed by atoms with Gasteiger partial charge in [-0.25, -0.2) is 9.69 Å². The molecule has 0 bridgehead atoms. The van der Waals surface area contributed by atoms with Crippen molar-refractivity contribution in [1.82, 2.24) is 10.2 Å². The van der Waals surface area contributed by atoms with Crippen molar-refractivity contribution in [3.63, 3.8) is 0 Å². The van der Waals surface area contributed by atoms with E-state index in [0.717, 1.165) is 19.6 Å². The fraction of sp³-hybridized carbons (Fsp3) is 0.234. The van der Waals surface area contributed by atoms with E-state index < -0.39 is 65.5 Å². The average molecular weight is 904 g/mol. The number of urea groups is 1. The van der Waals surface area contributed by atoms with Gasteiger partial charge in [0, 0.05) is 9.13 Å². The zero-order valence-electron chi connectivity index (χ0n) is 32.1. The van der Waals surface area contributed by atoms with Gasteiger partial charge in [0.25, 0.3) is 0 Å². The molecule has 11 nitrogen and oxygen atoms in total. The van der Waals surface area contributed by atoms with Gasteiger partial charge in [-0.15, -0.1) is 0 Å². The number of morpholine rings is 1. The molecule has 2 fully saturated rings. The lowest BCUT2D eigenvalue weighted by Crippen LogP contribution is -2.54. The summed E-state index contributed by atoms with van der Waals surface area (Å²) in [6, 6.07) is 36.1. The molecule has 7 unspecified atom stereocenters. The molecule has 0 aromatic heterocycles. The van der Waals surface area contributed by atoms with Crippen LogP contribution in [-0.4, -0.2) is 59.7 Å². The Morgan fingerprint density at radius 2 is 1.54 bits per heavy atom. The van der Waals surface area contributed by atoms with Gasteiger partial charge >= 0.3 is 18.0 Å². The number of rotatable bonds is 11. The molecule has 5 aromatic rings. The Morgan fingerprint density at radius 3 is 2.22 bits per heavy atom. The van der Waals surface area contributed by atoms with E-state index in [0.29, 0.717) is 22.4 Å². The molecule has 3 amide bonds. The van der Waals surface area contributed by atoms with E-state index in [1.165, 1.54) is 6.08 Å². The van der Waals surface area contributed by atoms with Crippen LogP contribution < -0.4 is 15.0 Å². The quantitative estimate of drug-likeness (QED) is 0.0784. The van der Waals surface area contributed by atoms with Crippen molar-refractivity contribution < 1.29 is 38.5 Å². The number of amides is 3. The van der Waals surface area contributed by atoms with Crippen LogP contribution in [0.5, 0.6) is 5.75 Å². The number of nitrogens with zero attached hydrogens (tertiary/aromatic N) is 2. The summed E-state index contributed by atoms with van der Waals surface area (Å²) in [5.41, 5.74) is 1.39. The average Bonchev–Trinajstić information content (AvgIpc) is 3.71. The Morgan fingerprint density at radius 1 is 0.898 bits per heavy atom. The van der Waals surface area contributed by atoms with Gasteiger partial charge in [0.2, 0.25) is 5.91 Å². The Balaban J connectivity index is 1.44. The van der Waals surface area contributed by atoms with Crippen LogP contribution in [0.4, 0.5) is 10.5 Å². The minimum absolute atomic E-state index is 0.0733. The van der Waals surface area contributed by atoms with E-state index in [4.69, 9.17) is 14.2 Å². The number of benzene rings is 5. The first-order valence-electron chi connectivity index (χ1n) is 19.4. The summed E-state index contributed by atoms with van der Waals surface area (Å²) in [5, 5.41) is 13.0. The van der Waals surface area contributed by atoms with Crippen molar-refractivity contribution >= 4 is 52.2 Å². The second kappa shape index (κ2) is 16.8. The summed E-state index contributed by atoms with van der Waals surface area (Å²) in [6.45, 7) is 5.00. The van der Waals surface area contributed by atoms with E-state index in [1.807, 2.05) is 103 Å². The van der Waals surface area contributed by atoms with Gasteiger partial charge in [-0.2, -0.15) is 0 Å². The maximum absolute atomic E-state index is 16.2. The third kappa shape index (κ3) is 6.88. The monoisotopic (exact) mass is 903 g/mol. The number of hydrogen-bond donors (Lipinski definition) is 2. The lowest BCUT2D eigenvalue weighted by Gasteiger charge is -2.46. The lowest BCUT2D eigenvalue weighted by atomic mass is 9.65. The molecule has 7 atom stereocenters. The molecule has 8 rings (SSSR count). The summed E-state index contributed by atoms with van der Waals surface area (Å²) in [5.74, 6) is -3.51. The van der Waals surface area contributed by atoms with Crippen LogP contribution in [0.15, 0.2) is 146 Å². The Bertz CT molecular complexity index is 2380. The Labute approximate surface area is 355 Å². The molecule has 0 saturated carbocycles. The molecule has 3 heterocycles. The molecule has 12 heteroatoms. The Hall–Kier alpha value is -5.83. The number of fused-ring (bicyclic) bond motifs is 3. The highest BCUT2D eigenvalue weighted by Crippen LogP contribution is 2.66. The molecule has 2 saturated heterocycles. The van der Waals surface area contributed by atoms with E-state index in [1.54, 1.807) is 42.5 Å². The molecule has 59 heavy (non-hydrogen) atoms. The van der Waals surface area contributed by atoms with E-state index in [9.17, 15) is 9.90 Å². The molecule has 3 aliphatic heterocycles. The molecule has 1 spiro atoms. The van der Waals surface area contributed by atoms with Crippen LogP contribution >= 0.6 is 22.6 Å². The van der Waals surface area contributed by atoms with Gasteiger partial charge < -0.3 is 24.6 Å². The minimum Gasteiger partial charge on any atom is -0.491 e. The number of aliphatic hydroxyl groups is 1. The van der Waals surface area contributed by atoms with Crippen LogP contribution in [-0.2, 0) is 29.3 Å². The predicted octanol–water partition coefficient (Wildman–Crippen LogP) is 7.53. The third-order valence-electron chi connectivity index (χ3n) is 11.4. The lowest BCUT2D eigenvalue weighted by molar-refractivity contribution is -0.180. The number of aliphatic hydroxyl groups excluding tert-OH is 1. The first kappa shape index (κ1) is 40.0. The van der Waals surface area contributed by atoms with E-state index in [2.05, 4.69) is 34.5 Å². The molecule has 0 aliphatic carbocycles. The molecule has 5 aromatic carbocycles.